The second kappa shape index (κ2) is 7.70. The SMILES string of the molecule is CC(=O)Nc1nc(C)c(S(=O)(=O)Nc2cc(-c3ccccc3)sc2C(=O)O)s1. The maximum Gasteiger partial charge on any atom is 0.348 e. The zero-order valence-corrected chi connectivity index (χ0v) is 17.2. The smallest absolute Gasteiger partial charge is 0.348 e. The first-order valence-corrected chi connectivity index (χ1v) is 11.0. The number of aryl methyl sites for hydroxylation is 1. The van der Waals surface area contributed by atoms with Crippen LogP contribution >= 0.6 is 22.7 Å². The molecule has 3 N–H and O–H groups in total. The topological polar surface area (TPSA) is 125 Å². The van der Waals surface area contributed by atoms with Gasteiger partial charge in [0.1, 0.15) is 4.88 Å². The van der Waals surface area contributed by atoms with Crippen LogP contribution in [0.2, 0.25) is 0 Å². The highest BCUT2D eigenvalue weighted by Gasteiger charge is 2.26. The van der Waals surface area contributed by atoms with Gasteiger partial charge in [-0.1, -0.05) is 41.7 Å². The fourth-order valence-corrected chi connectivity index (χ4v) is 5.94. The van der Waals surface area contributed by atoms with Crippen LogP contribution in [0.4, 0.5) is 10.8 Å². The predicted octanol–water partition coefficient (Wildman–Crippen LogP) is 3.64. The van der Waals surface area contributed by atoms with Gasteiger partial charge in [-0.25, -0.2) is 18.2 Å². The number of anilines is 2. The number of nitrogens with zero attached hydrogens (tertiary/aromatic N) is 1. The van der Waals surface area contributed by atoms with E-state index in [9.17, 15) is 23.1 Å². The molecule has 0 fully saturated rings. The number of carboxylic acid groups (broad SMARTS) is 1. The van der Waals surface area contributed by atoms with Gasteiger partial charge in [0.2, 0.25) is 5.91 Å². The fourth-order valence-electron chi connectivity index (χ4n) is 2.40. The van der Waals surface area contributed by atoms with Crippen molar-refractivity contribution in [2.45, 2.75) is 18.1 Å². The van der Waals surface area contributed by atoms with Crippen molar-refractivity contribution in [3.05, 3.63) is 47.0 Å². The molecular weight excluding hydrogens is 422 g/mol. The number of amides is 1. The van der Waals surface area contributed by atoms with Crippen LogP contribution in [0.1, 0.15) is 22.3 Å². The summed E-state index contributed by atoms with van der Waals surface area (Å²) in [6.45, 7) is 2.79. The molecule has 146 valence electrons. The maximum atomic E-state index is 12.8. The lowest BCUT2D eigenvalue weighted by Crippen LogP contribution is -2.14. The zero-order valence-electron chi connectivity index (χ0n) is 14.7. The van der Waals surface area contributed by atoms with Crippen molar-refractivity contribution in [1.29, 1.82) is 0 Å². The Hall–Kier alpha value is -2.76. The van der Waals surface area contributed by atoms with Gasteiger partial charge in [-0.15, -0.1) is 11.3 Å². The molecule has 0 saturated heterocycles. The average Bonchev–Trinajstić information content (AvgIpc) is 3.19. The van der Waals surface area contributed by atoms with Crippen molar-refractivity contribution < 1.29 is 23.1 Å². The molecule has 11 heteroatoms. The van der Waals surface area contributed by atoms with Crippen molar-refractivity contribution in [2.24, 2.45) is 0 Å². The van der Waals surface area contributed by atoms with E-state index in [1.165, 1.54) is 19.9 Å². The van der Waals surface area contributed by atoms with E-state index in [1.807, 2.05) is 30.3 Å². The Bertz CT molecular complexity index is 1150. The van der Waals surface area contributed by atoms with Crippen LogP contribution in [0.5, 0.6) is 0 Å². The van der Waals surface area contributed by atoms with Crippen LogP contribution in [0.3, 0.4) is 0 Å². The zero-order chi connectivity index (χ0) is 20.5. The Morgan fingerprint density at radius 2 is 1.82 bits per heavy atom. The molecule has 0 atom stereocenters. The number of rotatable bonds is 6. The molecule has 2 heterocycles. The molecule has 0 aliphatic carbocycles. The third-order valence-electron chi connectivity index (χ3n) is 3.51. The number of carboxylic acids is 1. The van der Waals surface area contributed by atoms with E-state index in [4.69, 9.17) is 0 Å². The summed E-state index contributed by atoms with van der Waals surface area (Å²) in [6, 6.07) is 10.6. The van der Waals surface area contributed by atoms with E-state index in [2.05, 4.69) is 15.0 Å². The number of nitrogens with one attached hydrogen (secondary N) is 2. The highest BCUT2D eigenvalue weighted by Crippen LogP contribution is 2.37. The van der Waals surface area contributed by atoms with Gasteiger partial charge >= 0.3 is 5.97 Å². The number of hydrogen-bond acceptors (Lipinski definition) is 7. The number of aromatic nitrogens is 1. The summed E-state index contributed by atoms with van der Waals surface area (Å²) in [7, 11) is -4.09. The van der Waals surface area contributed by atoms with Gasteiger partial charge < -0.3 is 10.4 Å². The molecule has 3 rings (SSSR count). The third kappa shape index (κ3) is 4.21. The molecule has 28 heavy (non-hydrogen) atoms. The number of hydrogen-bond donors (Lipinski definition) is 3. The van der Waals surface area contributed by atoms with Crippen molar-refractivity contribution >= 4 is 55.4 Å². The Labute approximate surface area is 168 Å². The quantitative estimate of drug-likeness (QED) is 0.541. The van der Waals surface area contributed by atoms with Crippen molar-refractivity contribution in [1.82, 2.24) is 4.98 Å². The summed E-state index contributed by atoms with van der Waals surface area (Å²) >= 11 is 1.77. The van der Waals surface area contributed by atoms with Gasteiger partial charge in [-0.05, 0) is 18.6 Å². The van der Waals surface area contributed by atoms with Crippen molar-refractivity contribution in [2.75, 3.05) is 10.0 Å². The third-order valence-corrected chi connectivity index (χ3v) is 7.73. The van der Waals surface area contributed by atoms with Crippen molar-refractivity contribution in [3.8, 4) is 10.4 Å². The fraction of sp³-hybridized carbons (Fsp3) is 0.118. The summed E-state index contributed by atoms with van der Waals surface area (Å²) < 4.78 is 27.8. The van der Waals surface area contributed by atoms with E-state index in [0.29, 0.717) is 4.88 Å². The van der Waals surface area contributed by atoms with Crippen LogP contribution in [0, 0.1) is 6.92 Å². The highest BCUT2D eigenvalue weighted by molar-refractivity contribution is 7.94. The van der Waals surface area contributed by atoms with Crippen LogP contribution in [0.15, 0.2) is 40.6 Å². The van der Waals surface area contributed by atoms with Gasteiger partial charge in [-0.3, -0.25) is 9.52 Å². The standard InChI is InChI=1S/C17H15N3O5S3/c1-9-16(27-17(18-9)19-10(2)21)28(24,25)20-12-8-13(26-14(12)15(22)23)11-6-4-3-5-7-11/h3-8,20H,1-2H3,(H,22,23)(H,18,19,21). The molecule has 3 aromatic rings. The lowest BCUT2D eigenvalue weighted by atomic mass is 10.2. The Morgan fingerprint density at radius 3 is 2.43 bits per heavy atom. The molecule has 1 amide bonds. The van der Waals surface area contributed by atoms with Gasteiger partial charge in [-0.2, -0.15) is 0 Å². The number of benzene rings is 1. The molecular formula is C17H15N3O5S3. The molecule has 0 spiro atoms. The van der Waals surface area contributed by atoms with Crippen LogP contribution < -0.4 is 10.0 Å². The first-order valence-electron chi connectivity index (χ1n) is 7.88. The predicted molar refractivity (Wildman–Crippen MR) is 109 cm³/mol. The van der Waals surface area contributed by atoms with Gasteiger partial charge in [0.15, 0.2) is 9.34 Å². The molecule has 0 unspecified atom stereocenters. The van der Waals surface area contributed by atoms with E-state index in [1.54, 1.807) is 0 Å². The molecule has 0 bridgehead atoms. The van der Waals surface area contributed by atoms with E-state index < -0.39 is 16.0 Å². The minimum absolute atomic E-state index is 0.0229. The second-order valence-electron chi connectivity index (χ2n) is 5.70. The minimum Gasteiger partial charge on any atom is -0.477 e. The van der Waals surface area contributed by atoms with Crippen LogP contribution in [-0.4, -0.2) is 30.4 Å². The number of thiophene rings is 1. The van der Waals surface area contributed by atoms with Gasteiger partial charge in [0.25, 0.3) is 10.0 Å². The molecule has 0 saturated carbocycles. The maximum absolute atomic E-state index is 12.8. The Balaban J connectivity index is 1.98. The number of thiazole rings is 1. The summed E-state index contributed by atoms with van der Waals surface area (Å²) in [5, 5.41) is 12.1. The van der Waals surface area contributed by atoms with Crippen LogP contribution in [-0.2, 0) is 14.8 Å². The summed E-state index contributed by atoms with van der Waals surface area (Å²) in [5.74, 6) is -1.60. The largest absolute Gasteiger partial charge is 0.477 e. The van der Waals surface area contributed by atoms with E-state index in [-0.39, 0.29) is 31.5 Å². The monoisotopic (exact) mass is 437 g/mol. The Morgan fingerprint density at radius 1 is 1.14 bits per heavy atom. The Kier molecular flexibility index (Phi) is 5.49. The molecule has 8 nitrogen and oxygen atoms in total. The highest BCUT2D eigenvalue weighted by atomic mass is 32.2. The number of carbonyl (C=O) groups excluding carboxylic acids is 1. The average molecular weight is 438 g/mol. The van der Waals surface area contributed by atoms with E-state index >= 15 is 0 Å². The van der Waals surface area contributed by atoms with Crippen molar-refractivity contribution in [3.63, 3.8) is 0 Å². The summed E-state index contributed by atoms with van der Waals surface area (Å²) in [5.41, 5.74) is 0.962. The van der Waals surface area contributed by atoms with Gasteiger partial charge in [0, 0.05) is 11.8 Å². The first kappa shape index (κ1) is 20.0. The van der Waals surface area contributed by atoms with Gasteiger partial charge in [0.05, 0.1) is 11.4 Å². The molecule has 2 aromatic heterocycles. The van der Waals surface area contributed by atoms with E-state index in [0.717, 1.165) is 28.2 Å². The number of carbonyl (C=O) groups is 2. The number of aromatic carboxylic acids is 1. The molecule has 0 aliphatic heterocycles. The molecule has 1 aromatic carbocycles. The molecule has 0 aliphatic rings. The normalized spacial score (nSPS) is 11.2. The lowest BCUT2D eigenvalue weighted by Gasteiger charge is -2.05. The lowest BCUT2D eigenvalue weighted by molar-refractivity contribution is -0.114. The molecule has 0 radical (unpaired) electrons. The summed E-state index contributed by atoms with van der Waals surface area (Å²) in [4.78, 5) is 27.3. The first-order chi connectivity index (χ1) is 13.2. The van der Waals surface area contributed by atoms with Crippen LogP contribution in [0.25, 0.3) is 10.4 Å². The second-order valence-corrected chi connectivity index (χ2v) is 9.63. The summed E-state index contributed by atoms with van der Waals surface area (Å²) in [6.07, 6.45) is 0. The minimum atomic E-state index is -4.09. The number of sulfonamides is 1.